The largest absolute Gasteiger partial charge is 0.333 e. The fourth-order valence-electron chi connectivity index (χ4n) is 2.70. The zero-order valence-electron chi connectivity index (χ0n) is 11.6. The van der Waals surface area contributed by atoms with Crippen molar-refractivity contribution in [1.29, 1.82) is 0 Å². The van der Waals surface area contributed by atoms with Gasteiger partial charge in [0, 0.05) is 30.6 Å². The van der Waals surface area contributed by atoms with Gasteiger partial charge < -0.3 is 9.88 Å². The van der Waals surface area contributed by atoms with Crippen LogP contribution in [0.5, 0.6) is 0 Å². The zero-order chi connectivity index (χ0) is 12.8. The number of aryl methyl sites for hydroxylation is 1. The second kappa shape index (κ2) is 7.19. The number of imidazole rings is 1. The lowest BCUT2D eigenvalue weighted by Crippen LogP contribution is -2.27. The average Bonchev–Trinajstić information content (AvgIpc) is 2.97. The maximum absolute atomic E-state index is 4.25. The Morgan fingerprint density at radius 1 is 1.44 bits per heavy atom. The Morgan fingerprint density at radius 3 is 3.11 bits per heavy atom. The summed E-state index contributed by atoms with van der Waals surface area (Å²) in [6, 6.07) is 0.707. The third-order valence-corrected chi connectivity index (χ3v) is 4.85. The fraction of sp³-hybridized carbons (Fsp3) is 0.786. The molecule has 4 heteroatoms. The maximum atomic E-state index is 4.25. The molecule has 1 aliphatic carbocycles. The average molecular weight is 267 g/mol. The van der Waals surface area contributed by atoms with Gasteiger partial charge in [0.15, 0.2) is 0 Å². The number of hydrogen-bond donors (Lipinski definition) is 1. The van der Waals surface area contributed by atoms with E-state index < -0.39 is 0 Å². The van der Waals surface area contributed by atoms with Gasteiger partial charge in [-0.05, 0) is 31.4 Å². The molecule has 0 aromatic carbocycles. The molecule has 1 aromatic heterocycles. The molecule has 1 N–H and O–H groups in total. The number of nitrogens with one attached hydrogen (secondary N) is 1. The van der Waals surface area contributed by atoms with Gasteiger partial charge >= 0.3 is 0 Å². The molecular weight excluding hydrogens is 242 g/mol. The van der Waals surface area contributed by atoms with Crippen LogP contribution < -0.4 is 5.32 Å². The highest BCUT2D eigenvalue weighted by Crippen LogP contribution is 2.29. The minimum atomic E-state index is 0.707. The van der Waals surface area contributed by atoms with E-state index in [0.29, 0.717) is 6.04 Å². The van der Waals surface area contributed by atoms with Crippen LogP contribution in [0.2, 0.25) is 0 Å². The van der Waals surface area contributed by atoms with Gasteiger partial charge in [0.1, 0.15) is 0 Å². The molecule has 2 atom stereocenters. The van der Waals surface area contributed by atoms with E-state index >= 15 is 0 Å². The minimum absolute atomic E-state index is 0.707. The Kier molecular flexibility index (Phi) is 5.57. The van der Waals surface area contributed by atoms with Crippen LogP contribution in [-0.2, 0) is 13.1 Å². The van der Waals surface area contributed by atoms with Crippen molar-refractivity contribution in [2.45, 2.75) is 63.9 Å². The number of aromatic nitrogens is 2. The Morgan fingerprint density at radius 2 is 2.33 bits per heavy atom. The predicted molar refractivity (Wildman–Crippen MR) is 78.9 cm³/mol. The molecule has 3 nitrogen and oxygen atoms in total. The summed E-state index contributed by atoms with van der Waals surface area (Å²) < 4.78 is 2.26. The quantitative estimate of drug-likeness (QED) is 0.823. The van der Waals surface area contributed by atoms with Gasteiger partial charge in [-0.1, -0.05) is 13.8 Å². The van der Waals surface area contributed by atoms with E-state index in [2.05, 4.69) is 40.5 Å². The van der Waals surface area contributed by atoms with Gasteiger partial charge in [-0.25, -0.2) is 4.98 Å². The van der Waals surface area contributed by atoms with Crippen molar-refractivity contribution in [3.63, 3.8) is 0 Å². The molecule has 0 spiro atoms. The molecule has 1 saturated carbocycles. The molecule has 0 radical (unpaired) electrons. The van der Waals surface area contributed by atoms with E-state index in [1.807, 2.05) is 12.5 Å². The summed E-state index contributed by atoms with van der Waals surface area (Å²) >= 11 is 2.12. The third kappa shape index (κ3) is 3.75. The molecule has 1 aromatic rings. The van der Waals surface area contributed by atoms with Gasteiger partial charge in [-0.15, -0.1) is 0 Å². The summed E-state index contributed by atoms with van der Waals surface area (Å²) in [6.45, 7) is 6.51. The van der Waals surface area contributed by atoms with Crippen LogP contribution in [0.25, 0.3) is 0 Å². The summed E-state index contributed by atoms with van der Waals surface area (Å²) in [7, 11) is 0. The summed E-state index contributed by atoms with van der Waals surface area (Å²) in [5.74, 6) is 1.25. The Labute approximate surface area is 115 Å². The summed E-state index contributed by atoms with van der Waals surface area (Å²) in [5, 5.41) is 4.58. The molecular formula is C14H25N3S. The molecule has 0 amide bonds. The van der Waals surface area contributed by atoms with Crippen molar-refractivity contribution in [2.24, 2.45) is 0 Å². The first-order chi connectivity index (χ1) is 8.83. The summed E-state index contributed by atoms with van der Waals surface area (Å²) in [5.41, 5.74) is 1.32. The molecule has 0 bridgehead atoms. The molecule has 2 unspecified atom stereocenters. The van der Waals surface area contributed by atoms with E-state index in [4.69, 9.17) is 0 Å². The van der Waals surface area contributed by atoms with E-state index in [1.165, 1.54) is 37.1 Å². The van der Waals surface area contributed by atoms with E-state index in [-0.39, 0.29) is 0 Å². The maximum Gasteiger partial charge on any atom is 0.0948 e. The van der Waals surface area contributed by atoms with Gasteiger partial charge in [0.2, 0.25) is 0 Å². The van der Waals surface area contributed by atoms with Crippen molar-refractivity contribution < 1.29 is 0 Å². The molecule has 18 heavy (non-hydrogen) atoms. The van der Waals surface area contributed by atoms with Gasteiger partial charge in [-0.3, -0.25) is 0 Å². The van der Waals surface area contributed by atoms with Crippen LogP contribution >= 0.6 is 11.8 Å². The van der Waals surface area contributed by atoms with Crippen LogP contribution in [0, 0.1) is 0 Å². The Balaban J connectivity index is 1.76. The summed E-state index contributed by atoms with van der Waals surface area (Å²) in [6.07, 6.45) is 9.16. The van der Waals surface area contributed by atoms with E-state index in [9.17, 15) is 0 Å². The first kappa shape index (κ1) is 13.9. The van der Waals surface area contributed by atoms with Crippen LogP contribution in [-0.4, -0.2) is 26.6 Å². The lowest BCUT2D eigenvalue weighted by Gasteiger charge is -2.14. The standard InChI is InChI=1S/C14H25N3S/c1-3-7-17-11-15-9-13(17)10-16-12-5-6-14(8-12)18-4-2/h9,11-12,14,16H,3-8,10H2,1-2H3. The van der Waals surface area contributed by atoms with Crippen LogP contribution in [0.15, 0.2) is 12.5 Å². The lowest BCUT2D eigenvalue weighted by atomic mass is 10.2. The third-order valence-electron chi connectivity index (χ3n) is 3.62. The van der Waals surface area contributed by atoms with Gasteiger partial charge in [-0.2, -0.15) is 11.8 Å². The van der Waals surface area contributed by atoms with Crippen molar-refractivity contribution in [2.75, 3.05) is 5.75 Å². The highest BCUT2D eigenvalue weighted by molar-refractivity contribution is 7.99. The Hall–Kier alpha value is -0.480. The molecule has 2 rings (SSSR count). The number of hydrogen-bond acceptors (Lipinski definition) is 3. The smallest absolute Gasteiger partial charge is 0.0948 e. The van der Waals surface area contributed by atoms with Crippen molar-refractivity contribution >= 4 is 11.8 Å². The second-order valence-corrected chi connectivity index (χ2v) is 6.62. The van der Waals surface area contributed by atoms with E-state index in [1.54, 1.807) is 0 Å². The predicted octanol–water partition coefficient (Wildman–Crippen LogP) is 3.06. The van der Waals surface area contributed by atoms with Crippen molar-refractivity contribution in [3.8, 4) is 0 Å². The molecule has 1 aliphatic rings. The van der Waals surface area contributed by atoms with Crippen LogP contribution in [0.3, 0.4) is 0 Å². The Bertz CT molecular complexity index is 351. The highest BCUT2D eigenvalue weighted by atomic mass is 32.2. The van der Waals surface area contributed by atoms with Crippen LogP contribution in [0.1, 0.15) is 45.2 Å². The summed E-state index contributed by atoms with van der Waals surface area (Å²) in [4.78, 5) is 4.25. The van der Waals surface area contributed by atoms with Crippen molar-refractivity contribution in [3.05, 3.63) is 18.2 Å². The SMILES string of the molecule is CCCn1cncc1CNC1CCC(SCC)C1. The van der Waals surface area contributed by atoms with Crippen molar-refractivity contribution in [1.82, 2.24) is 14.9 Å². The number of rotatable bonds is 7. The second-order valence-electron chi connectivity index (χ2n) is 5.05. The monoisotopic (exact) mass is 267 g/mol. The zero-order valence-corrected chi connectivity index (χ0v) is 12.4. The topological polar surface area (TPSA) is 29.9 Å². The first-order valence-electron chi connectivity index (χ1n) is 7.17. The lowest BCUT2D eigenvalue weighted by molar-refractivity contribution is 0.505. The fourth-order valence-corrected chi connectivity index (χ4v) is 3.84. The normalized spacial score (nSPS) is 23.7. The molecule has 1 heterocycles. The first-order valence-corrected chi connectivity index (χ1v) is 8.22. The number of thioether (sulfide) groups is 1. The minimum Gasteiger partial charge on any atom is -0.333 e. The highest BCUT2D eigenvalue weighted by Gasteiger charge is 2.24. The van der Waals surface area contributed by atoms with Gasteiger partial charge in [0.05, 0.1) is 12.0 Å². The molecule has 102 valence electrons. The van der Waals surface area contributed by atoms with Crippen LogP contribution in [0.4, 0.5) is 0 Å². The van der Waals surface area contributed by atoms with Gasteiger partial charge in [0.25, 0.3) is 0 Å². The molecule has 1 fully saturated rings. The number of nitrogens with zero attached hydrogens (tertiary/aromatic N) is 2. The molecule has 0 aliphatic heterocycles. The molecule has 0 saturated heterocycles. The van der Waals surface area contributed by atoms with E-state index in [0.717, 1.165) is 18.3 Å².